The third-order valence-corrected chi connectivity index (χ3v) is 7.41. The quantitative estimate of drug-likeness (QED) is 0.252. The van der Waals surface area contributed by atoms with Crippen molar-refractivity contribution >= 4 is 22.8 Å². The first-order chi connectivity index (χ1) is 17.4. The number of ketones is 1. The van der Waals surface area contributed by atoms with Crippen LogP contribution in [0.4, 0.5) is 4.39 Å². The number of carbonyl (C=O) groups is 1. The predicted molar refractivity (Wildman–Crippen MR) is 140 cm³/mol. The second kappa shape index (κ2) is 10.1. The molecule has 0 spiro atoms. The third-order valence-electron chi connectivity index (χ3n) is 6.26. The van der Waals surface area contributed by atoms with Crippen molar-refractivity contribution in [3.8, 4) is 11.1 Å². The van der Waals surface area contributed by atoms with E-state index in [1.807, 2.05) is 63.4 Å². The van der Waals surface area contributed by atoms with Crippen molar-refractivity contribution in [2.24, 2.45) is 5.16 Å². The van der Waals surface area contributed by atoms with Crippen LogP contribution in [0.1, 0.15) is 68.9 Å². The number of carbonyl (C=O) groups excluding carboxylic acids is 1. The minimum Gasteiger partial charge on any atom is -0.385 e. The van der Waals surface area contributed by atoms with Gasteiger partial charge in [-0.15, -0.1) is 11.3 Å². The molecule has 5 rings (SSSR count). The van der Waals surface area contributed by atoms with Crippen molar-refractivity contribution in [2.45, 2.75) is 45.6 Å². The molecule has 3 heterocycles. The van der Waals surface area contributed by atoms with Crippen molar-refractivity contribution in [3.05, 3.63) is 105 Å². The van der Waals surface area contributed by atoms with E-state index < -0.39 is 0 Å². The summed E-state index contributed by atoms with van der Waals surface area (Å²) in [4.78, 5) is 29.0. The smallest absolute Gasteiger partial charge is 0.174 e. The van der Waals surface area contributed by atoms with Crippen molar-refractivity contribution in [3.63, 3.8) is 0 Å². The number of aromatic nitrogens is 2. The summed E-state index contributed by atoms with van der Waals surface area (Å²) in [5.74, 6) is -0.361. The normalized spacial score (nSPS) is 15.9. The fourth-order valence-electron chi connectivity index (χ4n) is 4.32. The van der Waals surface area contributed by atoms with Crippen LogP contribution in [0.2, 0.25) is 0 Å². The van der Waals surface area contributed by atoms with E-state index >= 15 is 0 Å². The molecular formula is C29H26FN3O2S. The number of halogens is 1. The van der Waals surface area contributed by atoms with Gasteiger partial charge in [-0.3, -0.25) is 9.78 Å². The van der Waals surface area contributed by atoms with Gasteiger partial charge in [0.1, 0.15) is 5.82 Å². The molecule has 0 saturated carbocycles. The summed E-state index contributed by atoms with van der Waals surface area (Å²) in [6, 6.07) is 16.3. The van der Waals surface area contributed by atoms with E-state index in [1.54, 1.807) is 29.7 Å². The summed E-state index contributed by atoms with van der Waals surface area (Å²) >= 11 is 1.60. The lowest BCUT2D eigenvalue weighted by atomic mass is 9.91. The lowest BCUT2D eigenvalue weighted by molar-refractivity contribution is 0.0826. The van der Waals surface area contributed by atoms with Crippen LogP contribution in [-0.4, -0.2) is 21.5 Å². The van der Waals surface area contributed by atoms with Crippen molar-refractivity contribution in [1.82, 2.24) is 9.97 Å². The van der Waals surface area contributed by atoms with Crippen molar-refractivity contribution in [1.29, 1.82) is 0 Å². The number of thiazole rings is 1. The van der Waals surface area contributed by atoms with E-state index in [0.717, 1.165) is 26.7 Å². The fourth-order valence-corrected chi connectivity index (χ4v) is 5.15. The molecule has 4 aromatic rings. The van der Waals surface area contributed by atoms with Crippen LogP contribution in [0.15, 0.2) is 72.1 Å². The summed E-state index contributed by atoms with van der Waals surface area (Å²) in [6.07, 6.45) is 4.08. The van der Waals surface area contributed by atoms with Crippen LogP contribution in [-0.2, 0) is 4.84 Å². The van der Waals surface area contributed by atoms with Gasteiger partial charge in [-0.05, 0) is 61.4 Å². The Balaban J connectivity index is 1.49. The molecule has 1 aliphatic heterocycles. The van der Waals surface area contributed by atoms with Gasteiger partial charge in [-0.25, -0.2) is 9.37 Å². The average Bonchev–Trinajstić information content (AvgIpc) is 3.54. The van der Waals surface area contributed by atoms with E-state index in [4.69, 9.17) is 4.84 Å². The molecule has 0 aliphatic carbocycles. The summed E-state index contributed by atoms with van der Waals surface area (Å²) in [6.45, 7) is 5.86. The van der Waals surface area contributed by atoms with Gasteiger partial charge in [0.2, 0.25) is 0 Å². The Bertz CT molecular complexity index is 1450. The molecule has 0 bridgehead atoms. The van der Waals surface area contributed by atoms with Crippen LogP contribution in [0.25, 0.3) is 11.1 Å². The maximum atomic E-state index is 14.9. The first-order valence-electron chi connectivity index (χ1n) is 11.9. The van der Waals surface area contributed by atoms with E-state index in [2.05, 4.69) is 15.1 Å². The van der Waals surface area contributed by atoms with E-state index in [1.165, 1.54) is 6.07 Å². The topological polar surface area (TPSA) is 64.4 Å². The Morgan fingerprint density at radius 1 is 1.11 bits per heavy atom. The minimum atomic E-state index is -0.326. The van der Waals surface area contributed by atoms with Gasteiger partial charge < -0.3 is 4.84 Å². The van der Waals surface area contributed by atoms with Gasteiger partial charge in [-0.1, -0.05) is 30.3 Å². The summed E-state index contributed by atoms with van der Waals surface area (Å²) < 4.78 is 14.9. The maximum Gasteiger partial charge on any atom is 0.174 e. The second-order valence-corrected chi connectivity index (χ2v) is 10.5. The standard InChI is InChI=1S/C29H26FN3O2S/c1-17-7-8-23(24(30)10-17)20-12-21(26-15-28(35-33-26)25-6-4-5-9-31-25)14-22(13-20)27(34)11-18(2)29-32-16-19(3)36-29/h4-10,12-14,16,18,28H,11,15H2,1-3H3. The molecule has 0 fully saturated rings. The SMILES string of the molecule is Cc1ccc(-c2cc(C(=O)CC(C)c3ncc(C)s3)cc(C3=NOC(c4ccccn4)C3)c2)c(F)c1. The summed E-state index contributed by atoms with van der Waals surface area (Å²) in [5.41, 5.74) is 4.68. The first-order valence-corrected chi connectivity index (χ1v) is 12.7. The highest BCUT2D eigenvalue weighted by Gasteiger charge is 2.26. The fraction of sp³-hybridized carbons (Fsp3) is 0.241. The number of hydrogen-bond acceptors (Lipinski definition) is 6. The molecule has 2 atom stereocenters. The van der Waals surface area contributed by atoms with Crippen molar-refractivity contribution in [2.75, 3.05) is 0 Å². The summed E-state index contributed by atoms with van der Waals surface area (Å²) in [7, 11) is 0. The Morgan fingerprint density at radius 3 is 2.67 bits per heavy atom. The Hall–Kier alpha value is -3.71. The van der Waals surface area contributed by atoms with Crippen molar-refractivity contribution < 1.29 is 14.0 Å². The highest BCUT2D eigenvalue weighted by atomic mass is 32.1. The average molecular weight is 500 g/mol. The maximum absolute atomic E-state index is 14.9. The van der Waals surface area contributed by atoms with Gasteiger partial charge >= 0.3 is 0 Å². The van der Waals surface area contributed by atoms with Crippen LogP contribution in [0, 0.1) is 19.7 Å². The molecule has 2 aromatic heterocycles. The molecule has 5 nitrogen and oxygen atoms in total. The minimum absolute atomic E-state index is 0.0138. The number of aryl methyl sites for hydroxylation is 2. The van der Waals surface area contributed by atoms with E-state index in [0.29, 0.717) is 35.2 Å². The molecule has 0 N–H and O–H groups in total. The van der Waals surface area contributed by atoms with Crippen LogP contribution in [0.5, 0.6) is 0 Å². The van der Waals surface area contributed by atoms with Gasteiger partial charge in [0.25, 0.3) is 0 Å². The largest absolute Gasteiger partial charge is 0.385 e. The number of hydrogen-bond donors (Lipinski definition) is 0. The highest BCUT2D eigenvalue weighted by molar-refractivity contribution is 7.11. The molecule has 182 valence electrons. The zero-order chi connectivity index (χ0) is 25.2. The Morgan fingerprint density at radius 2 is 1.94 bits per heavy atom. The molecule has 0 radical (unpaired) electrons. The third kappa shape index (κ3) is 5.11. The van der Waals surface area contributed by atoms with E-state index in [9.17, 15) is 9.18 Å². The van der Waals surface area contributed by atoms with Gasteiger partial charge in [0, 0.05) is 52.7 Å². The first kappa shape index (κ1) is 24.0. The number of Topliss-reactive ketones (excluding diaryl/α,β-unsaturated/α-hetero) is 1. The van der Waals surface area contributed by atoms with E-state index in [-0.39, 0.29) is 23.6 Å². The van der Waals surface area contributed by atoms with Crippen LogP contribution in [0.3, 0.4) is 0 Å². The van der Waals surface area contributed by atoms with Crippen LogP contribution < -0.4 is 0 Å². The number of nitrogens with zero attached hydrogens (tertiary/aromatic N) is 3. The predicted octanol–water partition coefficient (Wildman–Crippen LogP) is 7.20. The molecule has 7 heteroatoms. The Labute approximate surface area is 213 Å². The lowest BCUT2D eigenvalue weighted by Gasteiger charge is -2.12. The lowest BCUT2D eigenvalue weighted by Crippen LogP contribution is -2.08. The number of pyridine rings is 1. The molecule has 0 amide bonds. The monoisotopic (exact) mass is 499 g/mol. The van der Waals surface area contributed by atoms with Gasteiger partial charge in [0.15, 0.2) is 11.9 Å². The molecule has 0 saturated heterocycles. The zero-order valence-electron chi connectivity index (χ0n) is 20.4. The van der Waals surface area contributed by atoms with Crippen LogP contribution >= 0.6 is 11.3 Å². The van der Waals surface area contributed by atoms with Gasteiger partial charge in [-0.2, -0.15) is 0 Å². The van der Waals surface area contributed by atoms with Gasteiger partial charge in [0.05, 0.1) is 16.4 Å². The number of benzene rings is 2. The molecular weight excluding hydrogens is 473 g/mol. The zero-order valence-corrected chi connectivity index (χ0v) is 21.2. The highest BCUT2D eigenvalue weighted by Crippen LogP contribution is 2.33. The second-order valence-electron chi connectivity index (χ2n) is 9.21. The summed E-state index contributed by atoms with van der Waals surface area (Å²) in [5, 5.41) is 5.25. The number of rotatable bonds is 7. The molecule has 2 aromatic carbocycles. The Kier molecular flexibility index (Phi) is 6.74. The molecule has 36 heavy (non-hydrogen) atoms. The molecule has 2 unspecified atom stereocenters. The molecule has 1 aliphatic rings. The number of oxime groups is 1.